The van der Waals surface area contributed by atoms with Gasteiger partial charge in [-0.15, -0.1) is 0 Å². The quantitative estimate of drug-likeness (QED) is 0.859. The number of halogens is 1. The molecule has 0 aromatic heterocycles. The molecule has 2 rings (SSSR count). The van der Waals surface area contributed by atoms with Gasteiger partial charge in [0.05, 0.1) is 12.1 Å². The van der Waals surface area contributed by atoms with Gasteiger partial charge in [-0.05, 0) is 28.1 Å². The molecule has 17 heavy (non-hydrogen) atoms. The topological polar surface area (TPSA) is 61.8 Å². The molecule has 1 aliphatic rings. The van der Waals surface area contributed by atoms with Gasteiger partial charge in [-0.2, -0.15) is 5.01 Å². The summed E-state index contributed by atoms with van der Waals surface area (Å²) in [4.78, 5) is 26.8. The first kappa shape index (κ1) is 11.8. The van der Waals surface area contributed by atoms with E-state index in [1.807, 2.05) is 24.3 Å². The SMILES string of the molecule is CC(=O)N1NC(=Nc2ccccc2Br)CC1=O. The largest absolute Gasteiger partial charge is 0.275 e. The summed E-state index contributed by atoms with van der Waals surface area (Å²) in [5.41, 5.74) is 3.40. The number of benzene rings is 1. The van der Waals surface area contributed by atoms with Crippen molar-refractivity contribution in [3.05, 3.63) is 28.7 Å². The molecule has 1 N–H and O–H groups in total. The zero-order valence-electron chi connectivity index (χ0n) is 9.11. The summed E-state index contributed by atoms with van der Waals surface area (Å²) in [6, 6.07) is 7.41. The maximum absolute atomic E-state index is 11.5. The standard InChI is InChI=1S/C11H10BrN3O2/c1-7(16)15-11(17)6-10(14-15)13-9-5-3-2-4-8(9)12/h2-5H,6H2,1H3,(H,13,14). The molecule has 1 heterocycles. The third kappa shape index (κ3) is 2.52. The fourth-order valence-corrected chi connectivity index (χ4v) is 1.83. The van der Waals surface area contributed by atoms with Gasteiger partial charge in [0.25, 0.3) is 5.91 Å². The van der Waals surface area contributed by atoms with Gasteiger partial charge in [0.1, 0.15) is 5.84 Å². The Hall–Kier alpha value is -1.69. The van der Waals surface area contributed by atoms with Crippen LogP contribution in [0.3, 0.4) is 0 Å². The number of carbonyl (C=O) groups excluding carboxylic acids is 2. The van der Waals surface area contributed by atoms with Crippen molar-refractivity contribution < 1.29 is 9.59 Å². The Morgan fingerprint density at radius 3 is 2.76 bits per heavy atom. The number of hydrazine groups is 1. The van der Waals surface area contributed by atoms with Gasteiger partial charge in [0.15, 0.2) is 0 Å². The summed E-state index contributed by atoms with van der Waals surface area (Å²) in [5.74, 6) is -0.160. The number of amidine groups is 1. The molecular weight excluding hydrogens is 286 g/mol. The maximum atomic E-state index is 11.5. The van der Waals surface area contributed by atoms with Crippen molar-refractivity contribution >= 4 is 39.3 Å². The van der Waals surface area contributed by atoms with Crippen molar-refractivity contribution in [2.24, 2.45) is 4.99 Å². The first-order valence-corrected chi connectivity index (χ1v) is 5.79. The monoisotopic (exact) mass is 295 g/mol. The molecule has 1 fully saturated rings. The number of imide groups is 1. The molecule has 0 bridgehead atoms. The van der Waals surface area contributed by atoms with Crippen LogP contribution in [-0.4, -0.2) is 22.7 Å². The molecule has 1 aliphatic heterocycles. The van der Waals surface area contributed by atoms with Crippen molar-refractivity contribution in [3.8, 4) is 0 Å². The van der Waals surface area contributed by atoms with Crippen LogP contribution in [0.15, 0.2) is 33.7 Å². The number of hydrogen-bond acceptors (Lipinski definition) is 3. The highest BCUT2D eigenvalue weighted by Gasteiger charge is 2.28. The number of amides is 2. The summed E-state index contributed by atoms with van der Waals surface area (Å²) >= 11 is 3.36. The molecule has 1 aromatic rings. The Kier molecular flexibility index (Phi) is 3.23. The fraction of sp³-hybridized carbons (Fsp3) is 0.182. The van der Waals surface area contributed by atoms with Crippen LogP contribution in [0.25, 0.3) is 0 Å². The van der Waals surface area contributed by atoms with E-state index >= 15 is 0 Å². The second kappa shape index (κ2) is 4.67. The molecule has 88 valence electrons. The number of carbonyl (C=O) groups is 2. The van der Waals surface area contributed by atoms with Crippen LogP contribution in [0.2, 0.25) is 0 Å². The highest BCUT2D eigenvalue weighted by molar-refractivity contribution is 9.10. The molecule has 0 atom stereocenters. The van der Waals surface area contributed by atoms with Crippen LogP contribution < -0.4 is 5.43 Å². The van der Waals surface area contributed by atoms with Gasteiger partial charge >= 0.3 is 0 Å². The summed E-state index contributed by atoms with van der Waals surface area (Å²) in [5, 5.41) is 0.968. The average molecular weight is 296 g/mol. The van der Waals surface area contributed by atoms with E-state index in [0.29, 0.717) is 11.5 Å². The van der Waals surface area contributed by atoms with E-state index in [-0.39, 0.29) is 18.2 Å². The lowest BCUT2D eigenvalue weighted by molar-refractivity contribution is -0.143. The van der Waals surface area contributed by atoms with Gasteiger partial charge in [-0.1, -0.05) is 12.1 Å². The first-order chi connectivity index (χ1) is 8.08. The van der Waals surface area contributed by atoms with Crippen molar-refractivity contribution in [2.45, 2.75) is 13.3 Å². The number of aliphatic imine (C=N–C) groups is 1. The van der Waals surface area contributed by atoms with E-state index < -0.39 is 0 Å². The lowest BCUT2D eigenvalue weighted by atomic mass is 10.3. The zero-order valence-corrected chi connectivity index (χ0v) is 10.7. The van der Waals surface area contributed by atoms with Gasteiger partial charge < -0.3 is 0 Å². The number of para-hydroxylation sites is 1. The first-order valence-electron chi connectivity index (χ1n) is 5.00. The Balaban J connectivity index is 2.24. The Bertz CT molecular complexity index is 513. The fourth-order valence-electron chi connectivity index (χ4n) is 1.46. The summed E-state index contributed by atoms with van der Waals surface area (Å²) < 4.78 is 0.836. The van der Waals surface area contributed by atoms with Crippen molar-refractivity contribution in [1.82, 2.24) is 10.4 Å². The molecule has 0 saturated carbocycles. The lowest BCUT2D eigenvalue weighted by Crippen LogP contribution is -2.39. The lowest BCUT2D eigenvalue weighted by Gasteiger charge is -2.10. The predicted molar refractivity (Wildman–Crippen MR) is 66.5 cm³/mol. The van der Waals surface area contributed by atoms with Gasteiger partial charge in [-0.25, -0.2) is 4.99 Å². The van der Waals surface area contributed by atoms with Crippen LogP contribution in [0.4, 0.5) is 5.69 Å². The van der Waals surface area contributed by atoms with E-state index in [1.54, 1.807) is 0 Å². The molecule has 1 saturated heterocycles. The number of nitrogens with zero attached hydrogens (tertiary/aromatic N) is 2. The maximum Gasteiger partial charge on any atom is 0.255 e. The minimum absolute atomic E-state index is 0.112. The van der Waals surface area contributed by atoms with Gasteiger partial charge in [0, 0.05) is 11.4 Å². The zero-order chi connectivity index (χ0) is 12.4. The highest BCUT2D eigenvalue weighted by Crippen LogP contribution is 2.25. The molecule has 0 radical (unpaired) electrons. The number of nitrogens with one attached hydrogen (secondary N) is 1. The second-order valence-corrected chi connectivity index (χ2v) is 4.40. The van der Waals surface area contributed by atoms with E-state index in [0.717, 1.165) is 9.48 Å². The average Bonchev–Trinajstić information content (AvgIpc) is 2.63. The van der Waals surface area contributed by atoms with Crippen LogP contribution in [0.5, 0.6) is 0 Å². The summed E-state index contributed by atoms with van der Waals surface area (Å²) in [6.07, 6.45) is 0.112. The summed E-state index contributed by atoms with van der Waals surface area (Å²) in [6.45, 7) is 1.33. The van der Waals surface area contributed by atoms with Gasteiger partial charge in [-0.3, -0.25) is 15.0 Å². The van der Waals surface area contributed by atoms with Crippen LogP contribution >= 0.6 is 15.9 Å². The van der Waals surface area contributed by atoms with Crippen molar-refractivity contribution in [2.75, 3.05) is 0 Å². The molecule has 6 heteroatoms. The Labute approximate surface area is 107 Å². The third-order valence-corrected chi connectivity index (χ3v) is 2.90. The van der Waals surface area contributed by atoms with E-state index in [9.17, 15) is 9.59 Å². The van der Waals surface area contributed by atoms with E-state index in [2.05, 4.69) is 26.3 Å². The Morgan fingerprint density at radius 1 is 1.47 bits per heavy atom. The van der Waals surface area contributed by atoms with Crippen molar-refractivity contribution in [3.63, 3.8) is 0 Å². The van der Waals surface area contributed by atoms with Crippen LogP contribution in [0, 0.1) is 0 Å². The minimum atomic E-state index is -0.340. The molecule has 1 aromatic carbocycles. The number of rotatable bonds is 1. The van der Waals surface area contributed by atoms with E-state index in [1.165, 1.54) is 6.92 Å². The van der Waals surface area contributed by atoms with Crippen LogP contribution in [-0.2, 0) is 9.59 Å². The molecule has 0 spiro atoms. The normalized spacial score (nSPS) is 17.4. The van der Waals surface area contributed by atoms with Crippen LogP contribution in [0.1, 0.15) is 13.3 Å². The molecule has 2 amide bonds. The molecule has 0 aliphatic carbocycles. The van der Waals surface area contributed by atoms with Crippen molar-refractivity contribution in [1.29, 1.82) is 0 Å². The molecular formula is C11H10BrN3O2. The summed E-state index contributed by atoms with van der Waals surface area (Å²) in [7, 11) is 0. The third-order valence-electron chi connectivity index (χ3n) is 2.23. The predicted octanol–water partition coefficient (Wildman–Crippen LogP) is 1.76. The minimum Gasteiger partial charge on any atom is -0.275 e. The second-order valence-electron chi connectivity index (χ2n) is 3.55. The molecule has 0 unspecified atom stereocenters. The number of hydrogen-bond donors (Lipinski definition) is 1. The van der Waals surface area contributed by atoms with E-state index in [4.69, 9.17) is 0 Å². The Morgan fingerprint density at radius 2 is 2.18 bits per heavy atom. The van der Waals surface area contributed by atoms with Gasteiger partial charge in [0.2, 0.25) is 5.91 Å². The molecule has 5 nitrogen and oxygen atoms in total. The smallest absolute Gasteiger partial charge is 0.255 e. The highest BCUT2D eigenvalue weighted by atomic mass is 79.9.